The Balaban J connectivity index is 1.92. The van der Waals surface area contributed by atoms with E-state index in [1.54, 1.807) is 32.0 Å². The lowest BCUT2D eigenvalue weighted by atomic mass is 10.1. The van der Waals surface area contributed by atoms with Crippen LogP contribution in [0.15, 0.2) is 48.5 Å². The largest absolute Gasteiger partial charge is 0.481 e. The third-order valence-electron chi connectivity index (χ3n) is 4.22. The number of amides is 1. The molecule has 0 saturated carbocycles. The SMILES string of the molecule is COc1ccc(NC(=O)c2c(F)cccc2Nc2ccc(F)cc2C)c(C)n1. The number of methoxy groups -OCH3 is 1. The number of benzene rings is 2. The summed E-state index contributed by atoms with van der Waals surface area (Å²) in [5.74, 6) is -1.27. The van der Waals surface area contributed by atoms with Gasteiger partial charge in [0.2, 0.25) is 5.88 Å². The fourth-order valence-corrected chi connectivity index (χ4v) is 2.74. The minimum atomic E-state index is -0.679. The van der Waals surface area contributed by atoms with Crippen molar-refractivity contribution in [1.29, 1.82) is 0 Å². The van der Waals surface area contributed by atoms with Gasteiger partial charge in [0.15, 0.2) is 0 Å². The third kappa shape index (κ3) is 4.09. The molecular formula is C21H19F2N3O2. The van der Waals surface area contributed by atoms with Gasteiger partial charge in [-0.2, -0.15) is 0 Å². The summed E-state index contributed by atoms with van der Waals surface area (Å²) in [5.41, 5.74) is 2.30. The topological polar surface area (TPSA) is 63.2 Å². The van der Waals surface area contributed by atoms with Crippen LogP contribution in [0.5, 0.6) is 5.88 Å². The van der Waals surface area contributed by atoms with Crippen LogP contribution in [0.4, 0.5) is 25.8 Å². The van der Waals surface area contributed by atoms with Crippen molar-refractivity contribution in [3.8, 4) is 5.88 Å². The molecule has 2 aromatic carbocycles. The van der Waals surface area contributed by atoms with Crippen molar-refractivity contribution in [3.05, 3.63) is 77.0 Å². The van der Waals surface area contributed by atoms with Crippen molar-refractivity contribution in [1.82, 2.24) is 4.98 Å². The number of rotatable bonds is 5. The maximum absolute atomic E-state index is 14.5. The molecule has 2 N–H and O–H groups in total. The van der Waals surface area contributed by atoms with Crippen molar-refractivity contribution in [3.63, 3.8) is 0 Å². The second kappa shape index (κ2) is 8.04. The van der Waals surface area contributed by atoms with Gasteiger partial charge in [0, 0.05) is 11.8 Å². The van der Waals surface area contributed by atoms with Crippen LogP contribution in [0, 0.1) is 25.5 Å². The zero-order valence-corrected chi connectivity index (χ0v) is 15.6. The average molecular weight is 383 g/mol. The molecular weight excluding hydrogens is 364 g/mol. The summed E-state index contributed by atoms with van der Waals surface area (Å²) < 4.78 is 32.9. The van der Waals surface area contributed by atoms with E-state index in [-0.39, 0.29) is 17.1 Å². The number of aromatic nitrogens is 1. The number of nitrogens with one attached hydrogen (secondary N) is 2. The Morgan fingerprint density at radius 1 is 1.00 bits per heavy atom. The number of pyridine rings is 1. The van der Waals surface area contributed by atoms with Crippen LogP contribution < -0.4 is 15.4 Å². The quantitative estimate of drug-likeness (QED) is 0.652. The van der Waals surface area contributed by atoms with Crippen LogP contribution in [0.3, 0.4) is 0 Å². The smallest absolute Gasteiger partial charge is 0.260 e. The van der Waals surface area contributed by atoms with E-state index in [2.05, 4.69) is 15.6 Å². The van der Waals surface area contributed by atoms with E-state index in [9.17, 15) is 13.6 Å². The lowest BCUT2D eigenvalue weighted by Gasteiger charge is -2.15. The average Bonchev–Trinajstić information content (AvgIpc) is 2.65. The van der Waals surface area contributed by atoms with Gasteiger partial charge in [0.05, 0.1) is 29.7 Å². The molecule has 3 rings (SSSR count). The molecule has 5 nitrogen and oxygen atoms in total. The molecule has 0 unspecified atom stereocenters. The fraction of sp³-hybridized carbons (Fsp3) is 0.143. The van der Waals surface area contributed by atoms with Gasteiger partial charge in [0.1, 0.15) is 11.6 Å². The van der Waals surface area contributed by atoms with E-state index >= 15 is 0 Å². The highest BCUT2D eigenvalue weighted by Crippen LogP contribution is 2.27. The number of nitrogens with zero attached hydrogens (tertiary/aromatic N) is 1. The van der Waals surface area contributed by atoms with Crippen LogP contribution in [0.25, 0.3) is 0 Å². The van der Waals surface area contributed by atoms with Crippen molar-refractivity contribution in [2.75, 3.05) is 17.7 Å². The lowest BCUT2D eigenvalue weighted by molar-refractivity contribution is 0.102. The Labute approximate surface area is 161 Å². The monoisotopic (exact) mass is 383 g/mol. The molecule has 1 heterocycles. The standard InChI is InChI=1S/C21H19F2N3O2/c1-12-11-14(22)7-8-16(12)25-18-6-4-5-15(23)20(18)21(27)26-17-9-10-19(28-3)24-13(17)2/h4-11,25H,1-3H3,(H,26,27). The molecule has 0 bridgehead atoms. The second-order valence-corrected chi connectivity index (χ2v) is 6.19. The Morgan fingerprint density at radius 2 is 1.75 bits per heavy atom. The first-order chi connectivity index (χ1) is 13.4. The van der Waals surface area contributed by atoms with E-state index in [1.165, 1.54) is 37.4 Å². The molecule has 0 fully saturated rings. The van der Waals surface area contributed by atoms with Gasteiger partial charge in [-0.05, 0) is 55.8 Å². The second-order valence-electron chi connectivity index (χ2n) is 6.19. The van der Waals surface area contributed by atoms with Crippen LogP contribution >= 0.6 is 0 Å². The minimum Gasteiger partial charge on any atom is -0.481 e. The summed E-state index contributed by atoms with van der Waals surface area (Å²) in [4.78, 5) is 17.0. The molecule has 0 aliphatic carbocycles. The first-order valence-corrected chi connectivity index (χ1v) is 8.53. The molecule has 28 heavy (non-hydrogen) atoms. The summed E-state index contributed by atoms with van der Waals surface area (Å²) in [6.45, 7) is 3.43. The van der Waals surface area contributed by atoms with Gasteiger partial charge < -0.3 is 15.4 Å². The molecule has 144 valence electrons. The highest BCUT2D eigenvalue weighted by molar-refractivity contribution is 6.08. The molecule has 0 saturated heterocycles. The number of carbonyl (C=O) groups is 1. The number of aryl methyl sites for hydroxylation is 2. The maximum Gasteiger partial charge on any atom is 0.260 e. The summed E-state index contributed by atoms with van der Waals surface area (Å²) in [6, 6.07) is 11.7. The summed E-state index contributed by atoms with van der Waals surface area (Å²) in [5, 5.41) is 5.68. The molecule has 7 heteroatoms. The number of anilines is 3. The third-order valence-corrected chi connectivity index (χ3v) is 4.22. The number of hydrogen-bond acceptors (Lipinski definition) is 4. The van der Waals surface area contributed by atoms with Gasteiger partial charge in [0.25, 0.3) is 5.91 Å². The van der Waals surface area contributed by atoms with Crippen molar-refractivity contribution in [2.45, 2.75) is 13.8 Å². The Bertz CT molecular complexity index is 1040. The molecule has 0 radical (unpaired) electrons. The molecule has 0 aliphatic heterocycles. The van der Waals surface area contributed by atoms with Gasteiger partial charge in [-0.25, -0.2) is 13.8 Å². The minimum absolute atomic E-state index is 0.151. The number of carbonyl (C=O) groups excluding carboxylic acids is 1. The van der Waals surface area contributed by atoms with Gasteiger partial charge in [-0.3, -0.25) is 4.79 Å². The zero-order valence-electron chi connectivity index (χ0n) is 15.6. The zero-order chi connectivity index (χ0) is 20.3. The highest BCUT2D eigenvalue weighted by atomic mass is 19.1. The van der Waals surface area contributed by atoms with E-state index in [4.69, 9.17) is 4.74 Å². The molecule has 3 aromatic rings. The summed E-state index contributed by atoms with van der Waals surface area (Å²) >= 11 is 0. The first-order valence-electron chi connectivity index (χ1n) is 8.53. The highest BCUT2D eigenvalue weighted by Gasteiger charge is 2.19. The Kier molecular flexibility index (Phi) is 5.54. The Morgan fingerprint density at radius 3 is 2.43 bits per heavy atom. The van der Waals surface area contributed by atoms with Crippen LogP contribution in [-0.4, -0.2) is 18.0 Å². The number of ether oxygens (including phenoxy) is 1. The summed E-state index contributed by atoms with van der Waals surface area (Å²) in [7, 11) is 1.49. The van der Waals surface area contributed by atoms with E-state index in [1.807, 2.05) is 0 Å². The molecule has 1 amide bonds. The van der Waals surface area contributed by atoms with Crippen molar-refractivity contribution in [2.24, 2.45) is 0 Å². The van der Waals surface area contributed by atoms with E-state index < -0.39 is 11.7 Å². The van der Waals surface area contributed by atoms with E-state index in [0.717, 1.165) is 0 Å². The van der Waals surface area contributed by atoms with Crippen molar-refractivity contribution >= 4 is 23.0 Å². The maximum atomic E-state index is 14.5. The molecule has 1 aromatic heterocycles. The number of hydrogen-bond donors (Lipinski definition) is 2. The first kappa shape index (κ1) is 19.3. The molecule has 0 aliphatic rings. The van der Waals surface area contributed by atoms with Crippen LogP contribution in [0.1, 0.15) is 21.6 Å². The predicted octanol–water partition coefficient (Wildman–Crippen LogP) is 4.98. The van der Waals surface area contributed by atoms with E-state index in [0.29, 0.717) is 28.5 Å². The van der Waals surface area contributed by atoms with Gasteiger partial charge in [-0.1, -0.05) is 6.07 Å². The van der Waals surface area contributed by atoms with Gasteiger partial charge in [-0.15, -0.1) is 0 Å². The predicted molar refractivity (Wildman–Crippen MR) is 104 cm³/mol. The normalized spacial score (nSPS) is 10.5. The van der Waals surface area contributed by atoms with Crippen LogP contribution in [0.2, 0.25) is 0 Å². The fourth-order valence-electron chi connectivity index (χ4n) is 2.74. The Hall–Kier alpha value is -3.48. The summed E-state index contributed by atoms with van der Waals surface area (Å²) in [6.07, 6.45) is 0. The van der Waals surface area contributed by atoms with Crippen molar-refractivity contribution < 1.29 is 18.3 Å². The number of halogens is 2. The molecule has 0 spiro atoms. The molecule has 0 atom stereocenters. The van der Waals surface area contributed by atoms with Gasteiger partial charge >= 0.3 is 0 Å². The lowest BCUT2D eigenvalue weighted by Crippen LogP contribution is -2.17. The van der Waals surface area contributed by atoms with Crippen LogP contribution in [-0.2, 0) is 0 Å².